The fourth-order valence-corrected chi connectivity index (χ4v) is 9.76. The number of anilines is 2. The maximum absolute atomic E-state index is 13.2. The van der Waals surface area contributed by atoms with E-state index in [9.17, 15) is 9.59 Å². The van der Waals surface area contributed by atoms with Crippen LogP contribution in [0.2, 0.25) is 0 Å². The Morgan fingerprint density at radius 1 is 0.576 bits per heavy atom. The minimum Gasteiger partial charge on any atom is -0.338 e. The van der Waals surface area contributed by atoms with Crippen molar-refractivity contribution in [3.05, 3.63) is 23.3 Å². The van der Waals surface area contributed by atoms with E-state index in [4.69, 9.17) is 0 Å². The van der Waals surface area contributed by atoms with Crippen LogP contribution in [-0.4, -0.2) is 137 Å². The molecule has 4 fully saturated rings. The fraction of sp³-hybridized carbons (Fsp3) is 0.822. The maximum Gasteiger partial charge on any atom is 0.242 e. The number of nitrogens with zero attached hydrogens (tertiary/aromatic N) is 11. The summed E-state index contributed by atoms with van der Waals surface area (Å²) in [6.07, 6.45) is 12.3. The standard InChI is InChI=1S/C22H38N6O.C21H36N6O.2CH4/c1-16-23-17(2)25-20(24-16)28(18-11-9-8-10-12-18)14-13-27-15-21(3,4)26(7)22(5,6)19(27)29;1-15-22-16(2)24-19(23-15)27(17-10-8-7-9-11-17)13-12-26-14-20(3,4)25-21(5,6)18(26)28;;/h18H,8-15H2,1-7H3;17,25H,7-14H2,1-6H3;2*1H4. The molecule has 14 heteroatoms. The summed E-state index contributed by atoms with van der Waals surface area (Å²) in [5, 5.41) is 3.47. The van der Waals surface area contributed by atoms with Gasteiger partial charge >= 0.3 is 0 Å². The molecule has 0 atom stereocenters. The molecule has 0 spiro atoms. The van der Waals surface area contributed by atoms with Crippen LogP contribution in [0, 0.1) is 27.7 Å². The second-order valence-electron chi connectivity index (χ2n) is 19.4. The first-order valence-corrected chi connectivity index (χ1v) is 21.6. The van der Waals surface area contributed by atoms with Crippen molar-refractivity contribution >= 4 is 23.7 Å². The number of piperazine rings is 2. The highest BCUT2D eigenvalue weighted by Crippen LogP contribution is 2.32. The summed E-state index contributed by atoms with van der Waals surface area (Å²) in [5.74, 6) is 4.91. The Kier molecular flexibility index (Phi) is 16.8. The van der Waals surface area contributed by atoms with E-state index >= 15 is 0 Å². The lowest BCUT2D eigenvalue weighted by Crippen LogP contribution is -2.70. The number of carbonyl (C=O) groups excluding carboxylic acids is 2. The number of aryl methyl sites for hydroxylation is 4. The summed E-state index contributed by atoms with van der Waals surface area (Å²) < 4.78 is 0. The maximum atomic E-state index is 13.2. The second kappa shape index (κ2) is 19.9. The summed E-state index contributed by atoms with van der Waals surface area (Å²) in [6.45, 7) is 28.8. The van der Waals surface area contributed by atoms with E-state index in [0.29, 0.717) is 31.7 Å². The molecule has 0 bridgehead atoms. The molecular formula is C45H82N12O2. The van der Waals surface area contributed by atoms with E-state index in [-0.39, 0.29) is 37.7 Å². The van der Waals surface area contributed by atoms with Crippen molar-refractivity contribution in [1.29, 1.82) is 0 Å². The molecule has 2 aromatic rings. The Bertz CT molecular complexity index is 1660. The number of hydrogen-bond acceptors (Lipinski definition) is 12. The monoisotopic (exact) mass is 823 g/mol. The lowest BCUT2D eigenvalue weighted by Gasteiger charge is -2.54. The molecular weight excluding hydrogens is 741 g/mol. The molecule has 6 rings (SSSR count). The molecule has 2 aliphatic carbocycles. The van der Waals surface area contributed by atoms with E-state index in [0.717, 1.165) is 80.5 Å². The van der Waals surface area contributed by atoms with Gasteiger partial charge in [-0.3, -0.25) is 19.8 Å². The van der Waals surface area contributed by atoms with Crippen molar-refractivity contribution in [3.63, 3.8) is 0 Å². The Balaban J connectivity index is 0.000000305. The zero-order chi connectivity index (χ0) is 41.9. The number of rotatable bonds is 10. The largest absolute Gasteiger partial charge is 0.338 e. The third kappa shape index (κ3) is 12.3. The van der Waals surface area contributed by atoms with E-state index in [1.807, 2.05) is 65.2 Å². The van der Waals surface area contributed by atoms with Crippen molar-refractivity contribution in [2.24, 2.45) is 0 Å². The van der Waals surface area contributed by atoms with E-state index in [1.165, 1.54) is 38.5 Å². The van der Waals surface area contributed by atoms with Gasteiger partial charge in [-0.05, 0) is 116 Å². The van der Waals surface area contributed by atoms with Crippen LogP contribution in [0.25, 0.3) is 0 Å². The Morgan fingerprint density at radius 2 is 0.949 bits per heavy atom. The molecule has 334 valence electrons. The smallest absolute Gasteiger partial charge is 0.242 e. The van der Waals surface area contributed by atoms with Gasteiger partial charge in [0.15, 0.2) is 0 Å². The van der Waals surface area contributed by atoms with Gasteiger partial charge in [0.2, 0.25) is 23.7 Å². The van der Waals surface area contributed by atoms with Gasteiger partial charge in [-0.2, -0.15) is 19.9 Å². The van der Waals surface area contributed by atoms with Crippen LogP contribution in [0.15, 0.2) is 0 Å². The summed E-state index contributed by atoms with van der Waals surface area (Å²) >= 11 is 0. The number of hydrogen-bond donors (Lipinski definition) is 1. The first kappa shape index (κ1) is 49.8. The van der Waals surface area contributed by atoms with Gasteiger partial charge in [0.25, 0.3) is 0 Å². The number of aromatic nitrogens is 6. The summed E-state index contributed by atoms with van der Waals surface area (Å²) in [7, 11) is 2.06. The van der Waals surface area contributed by atoms with Gasteiger partial charge in [-0.1, -0.05) is 53.4 Å². The fourth-order valence-electron chi connectivity index (χ4n) is 9.76. The Hall–Kier alpha value is -3.52. The minimum atomic E-state index is -0.544. The van der Waals surface area contributed by atoms with Crippen molar-refractivity contribution in [2.75, 3.05) is 56.1 Å². The highest BCUT2D eigenvalue weighted by molar-refractivity contribution is 5.87. The Labute approximate surface area is 358 Å². The molecule has 4 heterocycles. The third-order valence-corrected chi connectivity index (χ3v) is 12.7. The first-order valence-electron chi connectivity index (χ1n) is 21.6. The van der Waals surface area contributed by atoms with Crippen LogP contribution >= 0.6 is 0 Å². The molecule has 2 amide bonds. The van der Waals surface area contributed by atoms with Gasteiger partial charge < -0.3 is 19.6 Å². The summed E-state index contributed by atoms with van der Waals surface area (Å²) in [6, 6.07) is 0.877. The van der Waals surface area contributed by atoms with Gasteiger partial charge in [0.1, 0.15) is 23.3 Å². The molecule has 4 aliphatic rings. The second-order valence-corrected chi connectivity index (χ2v) is 19.4. The van der Waals surface area contributed by atoms with Gasteiger partial charge in [-0.25, -0.2) is 9.97 Å². The van der Waals surface area contributed by atoms with Crippen LogP contribution in [0.1, 0.15) is 158 Å². The number of likely N-dealkylation sites (N-methyl/N-ethyl adjacent to an activating group) is 1. The summed E-state index contributed by atoms with van der Waals surface area (Å²) in [4.78, 5) is 64.4. The van der Waals surface area contributed by atoms with E-state index in [2.05, 4.69) is 84.7 Å². The van der Waals surface area contributed by atoms with Crippen LogP contribution < -0.4 is 15.1 Å². The molecule has 1 N–H and O–H groups in total. The first-order chi connectivity index (χ1) is 26.6. The van der Waals surface area contributed by atoms with Crippen molar-refractivity contribution in [3.8, 4) is 0 Å². The van der Waals surface area contributed by atoms with Crippen molar-refractivity contribution < 1.29 is 9.59 Å². The quantitative estimate of drug-likeness (QED) is 0.268. The highest BCUT2D eigenvalue weighted by atomic mass is 16.2. The van der Waals surface area contributed by atoms with E-state index < -0.39 is 11.1 Å². The zero-order valence-corrected chi connectivity index (χ0v) is 37.7. The molecule has 0 unspecified atom stereocenters. The van der Waals surface area contributed by atoms with Gasteiger partial charge in [0, 0.05) is 62.4 Å². The van der Waals surface area contributed by atoms with Gasteiger partial charge in [0.05, 0.1) is 11.1 Å². The number of nitrogens with one attached hydrogen (secondary N) is 1. The van der Waals surface area contributed by atoms with Crippen LogP contribution in [0.4, 0.5) is 11.9 Å². The summed E-state index contributed by atoms with van der Waals surface area (Å²) in [5.41, 5.74) is -1.21. The lowest BCUT2D eigenvalue weighted by atomic mass is 9.87. The molecule has 0 radical (unpaired) electrons. The number of carbonyl (C=O) groups is 2. The van der Waals surface area contributed by atoms with Crippen LogP contribution in [-0.2, 0) is 9.59 Å². The molecule has 2 aromatic heterocycles. The predicted octanol–water partition coefficient (Wildman–Crippen LogP) is 6.85. The molecule has 2 aliphatic heterocycles. The lowest BCUT2D eigenvalue weighted by molar-refractivity contribution is -0.157. The normalized spacial score (nSPS) is 21.8. The van der Waals surface area contributed by atoms with Gasteiger partial charge in [-0.15, -0.1) is 0 Å². The molecule has 2 saturated carbocycles. The minimum absolute atomic E-state index is 0. The van der Waals surface area contributed by atoms with Crippen molar-refractivity contribution in [1.82, 2.24) is 49.9 Å². The molecule has 14 nitrogen and oxygen atoms in total. The van der Waals surface area contributed by atoms with E-state index in [1.54, 1.807) is 0 Å². The average molecular weight is 823 g/mol. The molecule has 59 heavy (non-hydrogen) atoms. The topological polar surface area (TPSA) is 140 Å². The van der Waals surface area contributed by atoms with Crippen LogP contribution in [0.5, 0.6) is 0 Å². The highest BCUT2D eigenvalue weighted by Gasteiger charge is 2.48. The SMILES string of the molecule is C.C.Cc1nc(C)nc(N(CCN2CC(C)(C)N(C)C(C)(C)C2=O)C2CCCCC2)n1.Cc1nc(C)nc(N(CCN2CC(C)(C)NC(C)(C)C2=O)C2CCCCC2)n1. The predicted molar refractivity (Wildman–Crippen MR) is 241 cm³/mol. The van der Waals surface area contributed by atoms with Crippen molar-refractivity contribution in [2.45, 2.75) is 196 Å². The average Bonchev–Trinajstić information content (AvgIpc) is 3.12. The third-order valence-electron chi connectivity index (χ3n) is 12.7. The van der Waals surface area contributed by atoms with Crippen LogP contribution in [0.3, 0.4) is 0 Å². The number of amides is 2. The molecule has 2 saturated heterocycles. The molecule has 0 aromatic carbocycles. The Morgan fingerprint density at radius 3 is 1.34 bits per heavy atom. The zero-order valence-electron chi connectivity index (χ0n) is 37.7.